The molecule has 1 aliphatic heterocycles. The molecule has 1 aliphatic rings. The number of aryl methyl sites for hydroxylation is 1. The summed E-state index contributed by atoms with van der Waals surface area (Å²) in [6.07, 6.45) is 2.67. The standard InChI is InChI=1S/C14H16ClN3O2/c1-9-13(14(20)17-6-4-11(19)5-7-17)18-8-10(15)2-3-12(18)16-9/h2-3,8,11,19H,4-7H2,1H3. The monoisotopic (exact) mass is 293 g/mol. The second-order valence-electron chi connectivity index (χ2n) is 5.14. The molecule has 1 N–H and O–H groups in total. The van der Waals surface area contributed by atoms with Crippen molar-refractivity contribution in [3.63, 3.8) is 0 Å². The van der Waals surface area contributed by atoms with Gasteiger partial charge in [-0.2, -0.15) is 0 Å². The third-order valence-electron chi connectivity index (χ3n) is 3.71. The molecule has 3 rings (SSSR count). The van der Waals surface area contributed by atoms with Crippen molar-refractivity contribution in [3.8, 4) is 0 Å². The molecule has 0 aliphatic carbocycles. The van der Waals surface area contributed by atoms with Crippen LogP contribution in [0.2, 0.25) is 5.02 Å². The van der Waals surface area contributed by atoms with Crippen LogP contribution in [0.4, 0.5) is 0 Å². The zero-order valence-electron chi connectivity index (χ0n) is 11.2. The quantitative estimate of drug-likeness (QED) is 0.873. The van der Waals surface area contributed by atoms with E-state index in [1.165, 1.54) is 0 Å². The fourth-order valence-corrected chi connectivity index (χ4v) is 2.77. The van der Waals surface area contributed by atoms with Gasteiger partial charge < -0.3 is 10.0 Å². The maximum atomic E-state index is 12.7. The lowest BCUT2D eigenvalue weighted by Crippen LogP contribution is -2.40. The number of carbonyl (C=O) groups is 1. The Morgan fingerprint density at radius 1 is 1.40 bits per heavy atom. The van der Waals surface area contributed by atoms with Crippen LogP contribution in [0, 0.1) is 6.92 Å². The number of aromatic nitrogens is 2. The smallest absolute Gasteiger partial charge is 0.272 e. The van der Waals surface area contributed by atoms with Gasteiger partial charge in [-0.05, 0) is 31.9 Å². The second kappa shape index (κ2) is 5.07. The van der Waals surface area contributed by atoms with Crippen molar-refractivity contribution in [2.45, 2.75) is 25.9 Å². The number of halogens is 1. The van der Waals surface area contributed by atoms with E-state index in [0.29, 0.717) is 48.0 Å². The Bertz CT molecular complexity index is 660. The number of rotatable bonds is 1. The van der Waals surface area contributed by atoms with Gasteiger partial charge in [0.2, 0.25) is 0 Å². The number of likely N-dealkylation sites (tertiary alicyclic amines) is 1. The summed E-state index contributed by atoms with van der Waals surface area (Å²) >= 11 is 6.00. The first-order valence-corrected chi connectivity index (χ1v) is 7.05. The molecule has 0 bridgehead atoms. The van der Waals surface area contributed by atoms with Gasteiger partial charge in [0.05, 0.1) is 16.8 Å². The molecule has 6 heteroatoms. The lowest BCUT2D eigenvalue weighted by Gasteiger charge is -2.29. The van der Waals surface area contributed by atoms with Crippen molar-refractivity contribution in [2.24, 2.45) is 0 Å². The van der Waals surface area contributed by atoms with E-state index < -0.39 is 0 Å². The van der Waals surface area contributed by atoms with Gasteiger partial charge in [-0.25, -0.2) is 4.98 Å². The van der Waals surface area contributed by atoms with Gasteiger partial charge in [0.25, 0.3) is 5.91 Å². The highest BCUT2D eigenvalue weighted by atomic mass is 35.5. The van der Waals surface area contributed by atoms with Gasteiger partial charge in [-0.3, -0.25) is 9.20 Å². The number of hydrogen-bond acceptors (Lipinski definition) is 3. The number of imidazole rings is 1. The van der Waals surface area contributed by atoms with E-state index >= 15 is 0 Å². The number of fused-ring (bicyclic) bond motifs is 1. The number of aliphatic hydroxyl groups excluding tert-OH is 1. The highest BCUT2D eigenvalue weighted by molar-refractivity contribution is 6.30. The van der Waals surface area contributed by atoms with Gasteiger partial charge >= 0.3 is 0 Å². The highest BCUT2D eigenvalue weighted by Crippen LogP contribution is 2.20. The zero-order chi connectivity index (χ0) is 14.3. The minimum absolute atomic E-state index is 0.0517. The minimum Gasteiger partial charge on any atom is -0.393 e. The zero-order valence-corrected chi connectivity index (χ0v) is 12.0. The molecule has 2 aromatic rings. The van der Waals surface area contributed by atoms with Crippen molar-refractivity contribution < 1.29 is 9.90 Å². The topological polar surface area (TPSA) is 57.8 Å². The first-order valence-electron chi connectivity index (χ1n) is 6.68. The Hall–Kier alpha value is -1.59. The predicted octanol–water partition coefficient (Wildman–Crippen LogP) is 1.89. The fraction of sp³-hybridized carbons (Fsp3) is 0.429. The Morgan fingerprint density at radius 2 is 2.10 bits per heavy atom. The molecule has 1 amide bonds. The molecule has 0 atom stereocenters. The number of carbonyl (C=O) groups excluding carboxylic acids is 1. The molecule has 0 saturated carbocycles. The number of aliphatic hydroxyl groups is 1. The maximum absolute atomic E-state index is 12.7. The van der Waals surface area contributed by atoms with Gasteiger partial charge in [-0.15, -0.1) is 0 Å². The Morgan fingerprint density at radius 3 is 2.80 bits per heavy atom. The number of nitrogens with zero attached hydrogens (tertiary/aromatic N) is 3. The summed E-state index contributed by atoms with van der Waals surface area (Å²) in [5, 5.41) is 10.1. The summed E-state index contributed by atoms with van der Waals surface area (Å²) in [7, 11) is 0. The van der Waals surface area contributed by atoms with Crippen LogP contribution in [0.5, 0.6) is 0 Å². The van der Waals surface area contributed by atoms with Crippen LogP contribution in [0.25, 0.3) is 5.65 Å². The van der Waals surface area contributed by atoms with E-state index in [-0.39, 0.29) is 12.0 Å². The highest BCUT2D eigenvalue weighted by Gasteiger charge is 2.26. The molecule has 20 heavy (non-hydrogen) atoms. The molecular formula is C14H16ClN3O2. The minimum atomic E-state index is -0.295. The third-order valence-corrected chi connectivity index (χ3v) is 3.93. The lowest BCUT2D eigenvalue weighted by atomic mass is 10.1. The first kappa shape index (κ1) is 13.4. The van der Waals surface area contributed by atoms with Crippen molar-refractivity contribution in [1.82, 2.24) is 14.3 Å². The summed E-state index contributed by atoms with van der Waals surface area (Å²) in [4.78, 5) is 18.8. The van der Waals surface area contributed by atoms with E-state index in [1.54, 1.807) is 27.6 Å². The molecule has 0 radical (unpaired) electrons. The van der Waals surface area contributed by atoms with Crippen molar-refractivity contribution in [1.29, 1.82) is 0 Å². The molecule has 1 fully saturated rings. The third kappa shape index (κ3) is 2.27. The Labute approximate surface area is 121 Å². The second-order valence-corrected chi connectivity index (χ2v) is 5.58. The van der Waals surface area contributed by atoms with Crippen LogP contribution in [0.15, 0.2) is 18.3 Å². The number of hydrogen-bond donors (Lipinski definition) is 1. The van der Waals surface area contributed by atoms with Gasteiger partial charge in [0.15, 0.2) is 0 Å². The number of pyridine rings is 1. The average Bonchev–Trinajstić information content (AvgIpc) is 2.74. The first-order chi connectivity index (χ1) is 9.56. The van der Waals surface area contributed by atoms with E-state index in [0.717, 1.165) is 0 Å². The molecule has 0 spiro atoms. The van der Waals surface area contributed by atoms with Gasteiger partial charge in [0, 0.05) is 19.3 Å². The average molecular weight is 294 g/mol. The molecular weight excluding hydrogens is 278 g/mol. The lowest BCUT2D eigenvalue weighted by molar-refractivity contribution is 0.0540. The van der Waals surface area contributed by atoms with E-state index in [2.05, 4.69) is 4.98 Å². The Kier molecular flexibility index (Phi) is 3.40. The van der Waals surface area contributed by atoms with Crippen LogP contribution < -0.4 is 0 Å². The van der Waals surface area contributed by atoms with Crippen molar-refractivity contribution >= 4 is 23.2 Å². The maximum Gasteiger partial charge on any atom is 0.272 e. The van der Waals surface area contributed by atoms with E-state index in [1.807, 2.05) is 6.92 Å². The van der Waals surface area contributed by atoms with Crippen molar-refractivity contribution in [3.05, 3.63) is 34.7 Å². The van der Waals surface area contributed by atoms with Crippen molar-refractivity contribution in [2.75, 3.05) is 13.1 Å². The largest absolute Gasteiger partial charge is 0.393 e. The van der Waals surface area contributed by atoms with Gasteiger partial charge in [-0.1, -0.05) is 11.6 Å². The SMILES string of the molecule is Cc1nc2ccc(Cl)cn2c1C(=O)N1CCC(O)CC1. The van der Waals surface area contributed by atoms with Crippen LogP contribution in [-0.2, 0) is 0 Å². The van der Waals surface area contributed by atoms with Crippen LogP contribution in [-0.4, -0.2) is 44.5 Å². The van der Waals surface area contributed by atoms with E-state index in [4.69, 9.17) is 11.6 Å². The molecule has 106 valence electrons. The summed E-state index contributed by atoms with van der Waals surface area (Å²) in [5.74, 6) is -0.0517. The molecule has 3 heterocycles. The van der Waals surface area contributed by atoms with Gasteiger partial charge in [0.1, 0.15) is 11.3 Å². The molecule has 1 saturated heterocycles. The molecule has 2 aromatic heterocycles. The molecule has 5 nitrogen and oxygen atoms in total. The van der Waals surface area contributed by atoms with Crippen LogP contribution in [0.1, 0.15) is 29.0 Å². The predicted molar refractivity (Wildman–Crippen MR) is 76.1 cm³/mol. The fourth-order valence-electron chi connectivity index (χ4n) is 2.61. The Balaban J connectivity index is 1.98. The summed E-state index contributed by atoms with van der Waals surface area (Å²) in [6, 6.07) is 3.56. The van der Waals surface area contributed by atoms with Crippen LogP contribution >= 0.6 is 11.6 Å². The number of amides is 1. The summed E-state index contributed by atoms with van der Waals surface area (Å²) < 4.78 is 1.74. The molecule has 0 aromatic carbocycles. The normalized spacial score (nSPS) is 16.9. The summed E-state index contributed by atoms with van der Waals surface area (Å²) in [5.41, 5.74) is 1.97. The number of piperidine rings is 1. The summed E-state index contributed by atoms with van der Waals surface area (Å²) in [6.45, 7) is 2.98. The van der Waals surface area contributed by atoms with E-state index in [9.17, 15) is 9.90 Å². The molecule has 0 unspecified atom stereocenters. The van der Waals surface area contributed by atoms with Crippen LogP contribution in [0.3, 0.4) is 0 Å².